The average molecular weight is 561 g/mol. The van der Waals surface area contributed by atoms with Gasteiger partial charge in [-0.1, -0.05) is 53.7 Å². The zero-order chi connectivity index (χ0) is 29.7. The molecule has 0 aliphatic carbocycles. The number of carbonyl (C=O) groups excluding carboxylic acids is 3. The highest BCUT2D eigenvalue weighted by atomic mass is 16.7. The van der Waals surface area contributed by atoms with E-state index in [0.717, 1.165) is 11.5 Å². The molecule has 3 N–H and O–H groups in total. The lowest BCUT2D eigenvalue weighted by atomic mass is 9.93. The third kappa shape index (κ3) is 7.44. The molecule has 3 rings (SSSR count). The van der Waals surface area contributed by atoms with Crippen LogP contribution in [0.5, 0.6) is 5.75 Å². The quantitative estimate of drug-likeness (QED) is 0.378. The van der Waals surface area contributed by atoms with Gasteiger partial charge in [-0.25, -0.2) is 4.79 Å². The van der Waals surface area contributed by atoms with E-state index in [1.165, 1.54) is 21.9 Å². The van der Waals surface area contributed by atoms with Crippen LogP contribution in [0.25, 0.3) is 0 Å². The summed E-state index contributed by atoms with van der Waals surface area (Å²) in [6, 6.07) is 4.40. The first-order valence-electron chi connectivity index (χ1n) is 14.2. The Hall–Kier alpha value is -3.34. The van der Waals surface area contributed by atoms with Gasteiger partial charge in [0.1, 0.15) is 17.8 Å². The van der Waals surface area contributed by atoms with Crippen molar-refractivity contribution < 1.29 is 34.2 Å². The molecule has 0 saturated carbocycles. The van der Waals surface area contributed by atoms with Gasteiger partial charge in [-0.3, -0.25) is 19.2 Å². The molecule has 40 heavy (non-hydrogen) atoms. The predicted molar refractivity (Wildman–Crippen MR) is 148 cm³/mol. The molecule has 0 bridgehead atoms. The van der Waals surface area contributed by atoms with Crippen LogP contribution in [-0.2, 0) is 25.6 Å². The van der Waals surface area contributed by atoms with E-state index in [9.17, 15) is 29.4 Å². The van der Waals surface area contributed by atoms with Crippen LogP contribution >= 0.6 is 0 Å². The smallest absolute Gasteiger partial charge is 0.433 e. The third-order valence-corrected chi connectivity index (χ3v) is 7.26. The summed E-state index contributed by atoms with van der Waals surface area (Å²) in [4.78, 5) is 62.3. The number of phenols is 1. The number of rotatable bonds is 11. The second kappa shape index (κ2) is 13.3. The van der Waals surface area contributed by atoms with Gasteiger partial charge in [0.2, 0.25) is 11.8 Å². The third-order valence-electron chi connectivity index (χ3n) is 7.26. The van der Waals surface area contributed by atoms with Crippen molar-refractivity contribution >= 4 is 23.8 Å². The molecule has 1 aromatic rings. The van der Waals surface area contributed by atoms with E-state index in [4.69, 9.17) is 4.84 Å². The number of carbonyl (C=O) groups is 4. The second-order valence-electron chi connectivity index (χ2n) is 12.1. The van der Waals surface area contributed by atoms with Gasteiger partial charge in [-0.2, -0.15) is 5.06 Å². The van der Waals surface area contributed by atoms with Crippen LogP contribution in [0.2, 0.25) is 0 Å². The Morgan fingerprint density at radius 1 is 1.00 bits per heavy atom. The van der Waals surface area contributed by atoms with Gasteiger partial charge in [0.25, 0.3) is 5.91 Å². The molecule has 2 aliphatic rings. The molecule has 1 aromatic carbocycles. The number of benzene rings is 1. The van der Waals surface area contributed by atoms with Crippen molar-refractivity contribution in [3.05, 3.63) is 29.8 Å². The van der Waals surface area contributed by atoms with Crippen molar-refractivity contribution in [3.8, 4) is 5.75 Å². The Kier molecular flexibility index (Phi) is 10.4. The SMILES string of the molecule is CC(C)CCNC(=O)C(CC(C)C)N1CC2N(C(=O)O)OC(CC(C)C)C(=O)N2C(Cc2ccc(O)cc2)C1=O. The number of fused-ring (bicyclic) bond motifs is 1. The van der Waals surface area contributed by atoms with Crippen LogP contribution in [0, 0.1) is 17.8 Å². The number of nitrogens with zero attached hydrogens (tertiary/aromatic N) is 3. The summed E-state index contributed by atoms with van der Waals surface area (Å²) in [6.07, 6.45) is -2.04. The van der Waals surface area contributed by atoms with Crippen LogP contribution in [0.3, 0.4) is 0 Å². The maximum absolute atomic E-state index is 14.2. The van der Waals surface area contributed by atoms with Crippen LogP contribution in [0.4, 0.5) is 4.79 Å². The standard InChI is InChI=1S/C29H44N4O7/c1-17(2)11-12-30-26(35)22(13-18(3)4)31-16-25-32(23(27(31)36)15-20-7-9-21(34)10-8-20)28(37)24(14-19(5)6)40-33(25)29(38)39/h7-10,17-19,22-25,34H,11-16H2,1-6H3,(H,30,35)(H,38,39). The first-order valence-corrected chi connectivity index (χ1v) is 14.2. The van der Waals surface area contributed by atoms with E-state index < -0.39 is 42.3 Å². The van der Waals surface area contributed by atoms with Crippen molar-refractivity contribution in [2.75, 3.05) is 13.1 Å². The number of piperazine rings is 1. The maximum Gasteiger partial charge on any atom is 0.433 e. The first-order chi connectivity index (χ1) is 18.8. The van der Waals surface area contributed by atoms with E-state index in [2.05, 4.69) is 19.2 Å². The van der Waals surface area contributed by atoms with Crippen molar-refractivity contribution in [2.45, 2.75) is 91.6 Å². The lowest BCUT2D eigenvalue weighted by molar-refractivity contribution is -0.267. The zero-order valence-corrected chi connectivity index (χ0v) is 24.4. The number of aromatic hydroxyl groups is 1. The molecule has 4 unspecified atom stereocenters. The fourth-order valence-electron chi connectivity index (χ4n) is 5.27. The van der Waals surface area contributed by atoms with E-state index in [1.807, 2.05) is 27.7 Å². The molecule has 11 nitrogen and oxygen atoms in total. The number of carboxylic acid groups (broad SMARTS) is 1. The summed E-state index contributed by atoms with van der Waals surface area (Å²) >= 11 is 0. The summed E-state index contributed by atoms with van der Waals surface area (Å²) in [6.45, 7) is 12.1. The van der Waals surface area contributed by atoms with E-state index in [1.54, 1.807) is 12.1 Å². The Balaban J connectivity index is 2.04. The Labute approximate surface area is 236 Å². The average Bonchev–Trinajstić information content (AvgIpc) is 2.86. The van der Waals surface area contributed by atoms with E-state index in [0.29, 0.717) is 24.4 Å². The first kappa shape index (κ1) is 31.2. The number of nitrogens with one attached hydrogen (secondary N) is 1. The minimum absolute atomic E-state index is 0.0404. The summed E-state index contributed by atoms with van der Waals surface area (Å²) in [5.41, 5.74) is 0.681. The van der Waals surface area contributed by atoms with Gasteiger partial charge in [-0.05, 0) is 54.7 Å². The molecule has 2 saturated heterocycles. The molecule has 4 amide bonds. The Morgan fingerprint density at radius 2 is 1.65 bits per heavy atom. The minimum Gasteiger partial charge on any atom is -0.508 e. The van der Waals surface area contributed by atoms with Gasteiger partial charge in [0, 0.05) is 13.0 Å². The molecule has 11 heteroatoms. The van der Waals surface area contributed by atoms with E-state index >= 15 is 0 Å². The van der Waals surface area contributed by atoms with Crippen molar-refractivity contribution in [3.63, 3.8) is 0 Å². The highest BCUT2D eigenvalue weighted by molar-refractivity contribution is 5.95. The summed E-state index contributed by atoms with van der Waals surface area (Å²) in [5, 5.41) is 23.6. The monoisotopic (exact) mass is 560 g/mol. The number of phenolic OH excluding ortho intramolecular Hbond substituents is 1. The lowest BCUT2D eigenvalue weighted by Gasteiger charge is -2.53. The molecular formula is C29H44N4O7. The van der Waals surface area contributed by atoms with Crippen molar-refractivity contribution in [1.82, 2.24) is 20.2 Å². The Morgan fingerprint density at radius 3 is 2.20 bits per heavy atom. The van der Waals surface area contributed by atoms with Crippen LogP contribution in [-0.4, -0.2) is 86.3 Å². The zero-order valence-electron chi connectivity index (χ0n) is 24.4. The highest BCUT2D eigenvalue weighted by Gasteiger charge is 2.54. The lowest BCUT2D eigenvalue weighted by Crippen LogP contribution is -2.75. The summed E-state index contributed by atoms with van der Waals surface area (Å²) < 4.78 is 0. The highest BCUT2D eigenvalue weighted by Crippen LogP contribution is 2.33. The molecule has 0 radical (unpaired) electrons. The molecule has 0 spiro atoms. The number of hydrogen-bond acceptors (Lipinski definition) is 6. The van der Waals surface area contributed by atoms with Gasteiger partial charge < -0.3 is 25.3 Å². The molecule has 222 valence electrons. The van der Waals surface area contributed by atoms with Gasteiger partial charge in [0.05, 0.1) is 6.54 Å². The summed E-state index contributed by atoms with van der Waals surface area (Å²) in [7, 11) is 0. The van der Waals surface area contributed by atoms with Gasteiger partial charge in [0.15, 0.2) is 12.3 Å². The number of amides is 4. The molecule has 4 atom stereocenters. The fraction of sp³-hybridized carbons (Fsp3) is 0.655. The van der Waals surface area contributed by atoms with Crippen molar-refractivity contribution in [2.24, 2.45) is 17.8 Å². The molecular weight excluding hydrogens is 516 g/mol. The molecule has 2 aliphatic heterocycles. The predicted octanol–water partition coefficient (Wildman–Crippen LogP) is 3.22. The molecule has 0 aromatic heterocycles. The number of hydroxylamine groups is 2. The van der Waals surface area contributed by atoms with Crippen LogP contribution in [0.1, 0.15) is 66.4 Å². The van der Waals surface area contributed by atoms with Gasteiger partial charge in [-0.15, -0.1) is 0 Å². The summed E-state index contributed by atoms with van der Waals surface area (Å²) in [5.74, 6) is -0.618. The fourth-order valence-corrected chi connectivity index (χ4v) is 5.27. The van der Waals surface area contributed by atoms with Crippen LogP contribution < -0.4 is 5.32 Å². The van der Waals surface area contributed by atoms with Crippen LogP contribution in [0.15, 0.2) is 24.3 Å². The van der Waals surface area contributed by atoms with Crippen molar-refractivity contribution in [1.29, 1.82) is 0 Å². The van der Waals surface area contributed by atoms with Gasteiger partial charge >= 0.3 is 6.09 Å². The molecule has 2 fully saturated rings. The number of hydrogen-bond donors (Lipinski definition) is 3. The van der Waals surface area contributed by atoms with E-state index in [-0.39, 0.29) is 42.9 Å². The topological polar surface area (TPSA) is 140 Å². The maximum atomic E-state index is 14.2. The second-order valence-corrected chi connectivity index (χ2v) is 12.1. The molecule has 2 heterocycles. The largest absolute Gasteiger partial charge is 0.508 e. The Bertz CT molecular complexity index is 1060. The normalized spacial score (nSPS) is 22.2. The minimum atomic E-state index is -1.38.